The number of nitrogens with zero attached hydrogens (tertiary/aromatic N) is 1. The molecule has 0 unspecified atom stereocenters. The molecule has 0 saturated carbocycles. The Morgan fingerprint density at radius 3 is 2.65 bits per heavy atom. The first kappa shape index (κ1) is 12.0. The van der Waals surface area contributed by atoms with E-state index in [1.165, 1.54) is 16.0 Å². The Morgan fingerprint density at radius 1 is 1.12 bits per heavy atom. The average Bonchev–Trinajstić information content (AvgIpc) is 2.31. The molecule has 2 N–H and O–H groups in total. The van der Waals surface area contributed by atoms with Crippen LogP contribution in [0.1, 0.15) is 16.8 Å². The lowest BCUT2D eigenvalue weighted by Crippen LogP contribution is -1.93. The van der Waals surface area contributed by atoms with Gasteiger partial charge in [-0.15, -0.1) is 11.8 Å². The van der Waals surface area contributed by atoms with Crippen LogP contribution >= 0.6 is 11.8 Å². The van der Waals surface area contributed by atoms with Gasteiger partial charge in [0.1, 0.15) is 5.82 Å². The first-order valence-electron chi connectivity index (χ1n) is 5.56. The van der Waals surface area contributed by atoms with Gasteiger partial charge in [0.05, 0.1) is 5.69 Å². The van der Waals surface area contributed by atoms with Crippen molar-refractivity contribution >= 4 is 17.6 Å². The summed E-state index contributed by atoms with van der Waals surface area (Å²) in [6.07, 6.45) is 0. The third-order valence-corrected chi connectivity index (χ3v) is 3.72. The summed E-state index contributed by atoms with van der Waals surface area (Å²) < 4.78 is 0. The highest BCUT2D eigenvalue weighted by Gasteiger charge is 2.00. The first-order valence-corrected chi connectivity index (χ1v) is 6.55. The number of hydrogen-bond acceptors (Lipinski definition) is 3. The maximum Gasteiger partial charge on any atom is 0.123 e. The van der Waals surface area contributed by atoms with Crippen LogP contribution in [-0.4, -0.2) is 4.98 Å². The van der Waals surface area contributed by atoms with Gasteiger partial charge in [0, 0.05) is 10.6 Å². The Bertz CT molecular complexity index is 523. The van der Waals surface area contributed by atoms with Gasteiger partial charge in [-0.2, -0.15) is 0 Å². The summed E-state index contributed by atoms with van der Waals surface area (Å²) in [5.74, 6) is 1.44. The molecule has 0 bridgehead atoms. The van der Waals surface area contributed by atoms with Crippen LogP contribution in [0.3, 0.4) is 0 Å². The molecule has 0 spiro atoms. The summed E-state index contributed by atoms with van der Waals surface area (Å²) in [6.45, 7) is 4.27. The molecular formula is C14H16N2S. The van der Waals surface area contributed by atoms with Crippen molar-refractivity contribution in [1.29, 1.82) is 0 Å². The molecule has 2 aromatic rings. The van der Waals surface area contributed by atoms with E-state index in [1.807, 2.05) is 18.2 Å². The van der Waals surface area contributed by atoms with Crippen molar-refractivity contribution in [2.45, 2.75) is 24.5 Å². The van der Waals surface area contributed by atoms with Gasteiger partial charge in [0.25, 0.3) is 0 Å². The summed E-state index contributed by atoms with van der Waals surface area (Å²) in [4.78, 5) is 5.56. The van der Waals surface area contributed by atoms with E-state index in [1.54, 1.807) is 11.8 Å². The highest BCUT2D eigenvalue weighted by molar-refractivity contribution is 7.98. The second kappa shape index (κ2) is 5.23. The van der Waals surface area contributed by atoms with Gasteiger partial charge < -0.3 is 5.73 Å². The number of anilines is 1. The zero-order valence-corrected chi connectivity index (χ0v) is 10.9. The summed E-state index contributed by atoms with van der Waals surface area (Å²) in [5, 5.41) is 0. The van der Waals surface area contributed by atoms with E-state index in [0.29, 0.717) is 5.82 Å². The van der Waals surface area contributed by atoms with Crippen molar-refractivity contribution < 1.29 is 0 Å². The highest BCUT2D eigenvalue weighted by atomic mass is 32.2. The largest absolute Gasteiger partial charge is 0.384 e. The fourth-order valence-electron chi connectivity index (χ4n) is 1.54. The van der Waals surface area contributed by atoms with Crippen LogP contribution in [0.2, 0.25) is 0 Å². The van der Waals surface area contributed by atoms with Gasteiger partial charge in [-0.3, -0.25) is 0 Å². The maximum atomic E-state index is 5.65. The molecule has 0 amide bonds. The van der Waals surface area contributed by atoms with E-state index >= 15 is 0 Å². The number of pyridine rings is 1. The van der Waals surface area contributed by atoms with Crippen LogP contribution in [0.5, 0.6) is 0 Å². The van der Waals surface area contributed by atoms with Crippen molar-refractivity contribution in [3.05, 3.63) is 53.2 Å². The van der Waals surface area contributed by atoms with Crippen LogP contribution in [0.4, 0.5) is 5.82 Å². The zero-order chi connectivity index (χ0) is 12.3. The predicted octanol–water partition coefficient (Wildman–Crippen LogP) is 3.57. The molecule has 1 aromatic heterocycles. The van der Waals surface area contributed by atoms with E-state index in [-0.39, 0.29) is 0 Å². The number of aryl methyl sites for hydroxylation is 2. The van der Waals surface area contributed by atoms with Crippen molar-refractivity contribution in [2.24, 2.45) is 0 Å². The molecule has 2 nitrogen and oxygen atoms in total. The Hall–Kier alpha value is -1.48. The molecular weight excluding hydrogens is 228 g/mol. The topological polar surface area (TPSA) is 38.9 Å². The Balaban J connectivity index is 2.05. The third kappa shape index (κ3) is 3.24. The summed E-state index contributed by atoms with van der Waals surface area (Å²) in [5.41, 5.74) is 9.33. The van der Waals surface area contributed by atoms with Gasteiger partial charge in [-0.25, -0.2) is 4.98 Å². The molecule has 3 heteroatoms. The number of benzene rings is 1. The number of nitrogens with two attached hydrogens (primary N) is 1. The normalized spacial score (nSPS) is 10.5. The fraction of sp³-hybridized carbons (Fsp3) is 0.214. The number of rotatable bonds is 3. The molecule has 88 valence electrons. The number of nitrogen functional groups attached to an aromatic ring is 1. The third-order valence-electron chi connectivity index (χ3n) is 2.69. The molecule has 0 radical (unpaired) electrons. The number of aromatic nitrogens is 1. The summed E-state index contributed by atoms with van der Waals surface area (Å²) in [6, 6.07) is 12.3. The molecule has 0 atom stereocenters. The Morgan fingerprint density at radius 2 is 1.94 bits per heavy atom. The molecule has 0 fully saturated rings. The minimum Gasteiger partial charge on any atom is -0.384 e. The van der Waals surface area contributed by atoms with Crippen molar-refractivity contribution in [3.63, 3.8) is 0 Å². The molecule has 1 heterocycles. The van der Waals surface area contributed by atoms with Crippen LogP contribution < -0.4 is 5.73 Å². The Labute approximate surface area is 106 Å². The quantitative estimate of drug-likeness (QED) is 0.839. The van der Waals surface area contributed by atoms with E-state index in [0.717, 1.165) is 11.4 Å². The average molecular weight is 244 g/mol. The second-order valence-corrected chi connectivity index (χ2v) is 5.14. The van der Waals surface area contributed by atoms with Crippen molar-refractivity contribution in [2.75, 3.05) is 5.73 Å². The molecule has 0 saturated heterocycles. The molecule has 1 aromatic carbocycles. The van der Waals surface area contributed by atoms with E-state index in [4.69, 9.17) is 5.73 Å². The first-order chi connectivity index (χ1) is 8.15. The monoisotopic (exact) mass is 244 g/mol. The van der Waals surface area contributed by atoms with E-state index in [2.05, 4.69) is 37.0 Å². The van der Waals surface area contributed by atoms with Gasteiger partial charge in [0.2, 0.25) is 0 Å². The van der Waals surface area contributed by atoms with Gasteiger partial charge >= 0.3 is 0 Å². The van der Waals surface area contributed by atoms with Gasteiger partial charge in [0.15, 0.2) is 0 Å². The molecule has 0 aliphatic carbocycles. The van der Waals surface area contributed by atoms with Crippen molar-refractivity contribution in [3.8, 4) is 0 Å². The minimum atomic E-state index is 0.586. The standard InChI is InChI=1S/C14H16N2S/c1-10-6-7-13(8-11(10)2)17-9-12-4-3-5-14(15)16-12/h3-8H,9H2,1-2H3,(H2,15,16). The van der Waals surface area contributed by atoms with Crippen LogP contribution in [-0.2, 0) is 5.75 Å². The molecule has 0 aliphatic heterocycles. The lowest BCUT2D eigenvalue weighted by atomic mass is 10.1. The SMILES string of the molecule is Cc1ccc(SCc2cccc(N)n2)cc1C. The van der Waals surface area contributed by atoms with Crippen LogP contribution in [0, 0.1) is 13.8 Å². The second-order valence-electron chi connectivity index (χ2n) is 4.09. The predicted molar refractivity (Wildman–Crippen MR) is 74.1 cm³/mol. The minimum absolute atomic E-state index is 0.586. The summed E-state index contributed by atoms with van der Waals surface area (Å²) in [7, 11) is 0. The van der Waals surface area contributed by atoms with E-state index < -0.39 is 0 Å². The number of thioether (sulfide) groups is 1. The zero-order valence-electron chi connectivity index (χ0n) is 10.1. The van der Waals surface area contributed by atoms with Gasteiger partial charge in [-0.05, 0) is 49.2 Å². The maximum absolute atomic E-state index is 5.65. The lowest BCUT2D eigenvalue weighted by Gasteiger charge is -2.05. The van der Waals surface area contributed by atoms with Crippen LogP contribution in [0.15, 0.2) is 41.3 Å². The molecule has 17 heavy (non-hydrogen) atoms. The molecule has 0 aliphatic rings. The highest BCUT2D eigenvalue weighted by Crippen LogP contribution is 2.24. The smallest absolute Gasteiger partial charge is 0.123 e. The molecule has 2 rings (SSSR count). The number of hydrogen-bond donors (Lipinski definition) is 1. The fourth-order valence-corrected chi connectivity index (χ4v) is 2.44. The summed E-state index contributed by atoms with van der Waals surface area (Å²) >= 11 is 1.79. The van der Waals surface area contributed by atoms with Crippen LogP contribution in [0.25, 0.3) is 0 Å². The van der Waals surface area contributed by atoms with E-state index in [9.17, 15) is 0 Å². The lowest BCUT2D eigenvalue weighted by molar-refractivity contribution is 1.18. The Kier molecular flexibility index (Phi) is 3.69. The van der Waals surface area contributed by atoms with Gasteiger partial charge in [-0.1, -0.05) is 12.1 Å². The van der Waals surface area contributed by atoms with Crippen molar-refractivity contribution in [1.82, 2.24) is 4.98 Å².